The molecule has 1 aliphatic rings. The first-order valence-corrected chi connectivity index (χ1v) is 18.0. The number of ether oxygens (including phenoxy) is 2. The molecule has 1 aromatic heterocycles. The van der Waals surface area contributed by atoms with E-state index in [1.54, 1.807) is 10.8 Å². The Morgan fingerprint density at radius 3 is 2.56 bits per heavy atom. The van der Waals surface area contributed by atoms with Gasteiger partial charge < -0.3 is 40.5 Å². The lowest BCUT2D eigenvalue weighted by molar-refractivity contribution is -0.0543. The molecule has 2 heterocycles. The van der Waals surface area contributed by atoms with Crippen molar-refractivity contribution in [3.05, 3.63) is 22.2 Å². The molecule has 222 valence electrons. The molecule has 0 spiro atoms. The normalized spacial score (nSPS) is 22.6. The summed E-state index contributed by atoms with van der Waals surface area (Å²) in [5.74, 6) is 6.24. The van der Waals surface area contributed by atoms with Gasteiger partial charge in [0.25, 0.3) is 0 Å². The summed E-state index contributed by atoms with van der Waals surface area (Å²) >= 11 is 0. The molecule has 5 atom stereocenters. The number of nitrogens with zero attached hydrogens (tertiary/aromatic N) is 2. The predicted octanol–water partition coefficient (Wildman–Crippen LogP) is 1.29. The van der Waals surface area contributed by atoms with E-state index in [-0.39, 0.29) is 30.3 Å². The van der Waals surface area contributed by atoms with Crippen LogP contribution in [0.1, 0.15) is 38.0 Å². The van der Waals surface area contributed by atoms with Crippen molar-refractivity contribution in [3.63, 3.8) is 0 Å². The monoisotopic (exact) mass is 654 g/mol. The summed E-state index contributed by atoms with van der Waals surface area (Å²) in [4.78, 5) is 52.7. The van der Waals surface area contributed by atoms with Crippen molar-refractivity contribution in [2.75, 3.05) is 30.6 Å². The maximum absolute atomic E-state index is 12.5. The quantitative estimate of drug-likeness (QED) is 0.0511. The van der Waals surface area contributed by atoms with Gasteiger partial charge in [-0.15, -0.1) is 0 Å². The van der Waals surface area contributed by atoms with E-state index in [2.05, 4.69) is 32.4 Å². The summed E-state index contributed by atoms with van der Waals surface area (Å²) < 4.78 is 59.4. The van der Waals surface area contributed by atoms with Gasteiger partial charge in [-0.1, -0.05) is 46.8 Å². The molecule has 0 radical (unpaired) electrons. The number of phosphoric ester groups is 1. The summed E-state index contributed by atoms with van der Waals surface area (Å²) in [6.07, 6.45) is 0.499. The van der Waals surface area contributed by atoms with Crippen LogP contribution < -0.4 is 17.2 Å². The first kappa shape index (κ1) is 34.4. The first-order chi connectivity index (χ1) is 18.2. The van der Waals surface area contributed by atoms with Crippen LogP contribution in [0.3, 0.4) is 0 Å². The minimum absolute atomic E-state index is 0.0328. The lowest BCUT2D eigenvalue weighted by atomic mass is 10.2. The van der Waals surface area contributed by atoms with Gasteiger partial charge in [0.2, 0.25) is 0 Å². The molecule has 0 aromatic carbocycles. The lowest BCUT2D eigenvalue weighted by Gasteiger charge is -2.21. The number of rotatable bonds is 15. The van der Waals surface area contributed by atoms with Crippen molar-refractivity contribution >= 4 is 50.9 Å². The molecule has 17 nitrogen and oxygen atoms in total. The maximum Gasteiger partial charge on any atom is 0.490 e. The van der Waals surface area contributed by atoms with Crippen LogP contribution in [0, 0.1) is 11.8 Å². The van der Waals surface area contributed by atoms with Gasteiger partial charge in [0.15, 0.2) is 0 Å². The van der Waals surface area contributed by atoms with Crippen LogP contribution >= 0.6 is 45.1 Å². The van der Waals surface area contributed by atoms with Gasteiger partial charge in [0.05, 0.1) is 24.8 Å². The third kappa shape index (κ3) is 12.3. The minimum Gasteiger partial charge on any atom is -0.382 e. The van der Waals surface area contributed by atoms with Gasteiger partial charge in [0, 0.05) is 18.4 Å². The number of aromatic nitrogens is 2. The fraction of sp³-hybridized carbons (Fsp3) is 0.647. The zero-order valence-electron chi connectivity index (χ0n) is 20.4. The van der Waals surface area contributed by atoms with Crippen LogP contribution in [0.2, 0.25) is 0 Å². The largest absolute Gasteiger partial charge is 0.490 e. The highest BCUT2D eigenvalue weighted by Crippen LogP contribution is 2.66. The molecule has 2 rings (SSSR count). The van der Waals surface area contributed by atoms with Crippen molar-refractivity contribution in [1.82, 2.24) is 9.55 Å². The number of hydrogen-bond acceptors (Lipinski definition) is 14. The van der Waals surface area contributed by atoms with E-state index >= 15 is 0 Å². The fourth-order valence-electron chi connectivity index (χ4n) is 3.01. The van der Waals surface area contributed by atoms with Crippen LogP contribution in [0.4, 0.5) is 5.82 Å². The Kier molecular flexibility index (Phi) is 13.6. The molecule has 1 saturated heterocycles. The number of nitrogen functional groups attached to an aromatic ring is 1. The van der Waals surface area contributed by atoms with E-state index in [0.29, 0.717) is 0 Å². The average Bonchev–Trinajstić information content (AvgIpc) is 3.20. The Balaban J connectivity index is 2.18. The molecule has 0 aliphatic carbocycles. The second kappa shape index (κ2) is 15.5. The van der Waals surface area contributed by atoms with E-state index < -0.39 is 54.2 Å². The van der Waals surface area contributed by atoms with E-state index in [9.17, 15) is 28.3 Å². The Hall–Kier alpha value is -0.770. The van der Waals surface area contributed by atoms with E-state index in [1.165, 1.54) is 17.0 Å². The van der Waals surface area contributed by atoms with Gasteiger partial charge in [-0.25, -0.2) is 18.5 Å². The average molecular weight is 654 g/mol. The Morgan fingerprint density at radius 1 is 1.21 bits per heavy atom. The number of anilines is 1. The molecule has 1 fully saturated rings. The van der Waals surface area contributed by atoms with Crippen LogP contribution in [0.25, 0.3) is 0 Å². The van der Waals surface area contributed by atoms with Gasteiger partial charge in [-0.05, 0) is 6.42 Å². The molecule has 0 saturated carbocycles. The van der Waals surface area contributed by atoms with E-state index in [0.717, 1.165) is 23.2 Å². The van der Waals surface area contributed by atoms with Crippen molar-refractivity contribution in [2.45, 2.75) is 44.6 Å². The maximum atomic E-state index is 12.5. The third-order valence-electron chi connectivity index (χ3n) is 4.61. The minimum atomic E-state index is -5.70. The molecule has 0 bridgehead atoms. The first-order valence-electron chi connectivity index (χ1n) is 11.0. The van der Waals surface area contributed by atoms with Crippen LogP contribution in [0.15, 0.2) is 11.0 Å². The molecule has 22 heteroatoms. The number of unbranched alkanes of at least 4 members (excludes halogenated alkanes) is 1. The number of phosphoric acid groups is 3. The molecule has 1 aliphatic heterocycles. The zero-order chi connectivity index (χ0) is 29.3. The molecular formula is C17H29N4O13P3S2. The molecule has 8 N–H and O–H groups in total. The van der Waals surface area contributed by atoms with Crippen LogP contribution in [-0.4, -0.2) is 66.2 Å². The standard InChI is InChI=1S/C17H29N4O13P3S2/c1-2-3-7-38-39-11-30-13-8-15(21-9-12(5-4-6-18)16(19)20-17(21)22)32-14(13)10-31-36(26,27)34-37(28,29)33-35(23,24)25/h9,13-15H,2-3,6-8,10-11,18H2,1H3,(H,26,27)(H,28,29)(H2,19,20,22)(H2,23,24,25)/t13?,14-,15-/m1/s1. The summed E-state index contributed by atoms with van der Waals surface area (Å²) in [7, 11) is -13.7. The Morgan fingerprint density at radius 2 is 1.92 bits per heavy atom. The fourth-order valence-corrected chi connectivity index (χ4v) is 7.94. The van der Waals surface area contributed by atoms with Crippen molar-refractivity contribution in [1.29, 1.82) is 0 Å². The topological polar surface area (TPSA) is 265 Å². The second-order valence-corrected chi connectivity index (χ2v) is 14.6. The van der Waals surface area contributed by atoms with Gasteiger partial charge in [-0.3, -0.25) is 9.09 Å². The lowest BCUT2D eigenvalue weighted by Crippen LogP contribution is -2.29. The Bertz CT molecular complexity index is 1240. The van der Waals surface area contributed by atoms with E-state index in [1.807, 2.05) is 0 Å². The molecular weight excluding hydrogens is 625 g/mol. The molecule has 3 unspecified atom stereocenters. The van der Waals surface area contributed by atoms with Crippen molar-refractivity contribution in [2.24, 2.45) is 5.73 Å². The molecule has 0 amide bonds. The van der Waals surface area contributed by atoms with E-state index in [4.69, 9.17) is 35.3 Å². The molecule has 39 heavy (non-hydrogen) atoms. The number of hydrogen-bond donors (Lipinski definition) is 6. The Labute approximate surface area is 231 Å². The highest BCUT2D eigenvalue weighted by atomic mass is 33.1. The number of nitrogens with two attached hydrogens (primary N) is 2. The van der Waals surface area contributed by atoms with Crippen molar-refractivity contribution < 1.29 is 55.9 Å². The van der Waals surface area contributed by atoms with Gasteiger partial charge in [-0.2, -0.15) is 13.6 Å². The highest BCUT2D eigenvalue weighted by molar-refractivity contribution is 8.76. The highest BCUT2D eigenvalue weighted by Gasteiger charge is 2.43. The SMILES string of the molecule is CCCCSSCOC1C[C@H](n2cc(C#CCN)c(N)nc2=O)O[C@@H]1COP(=O)(O)OP(=O)(O)OP(=O)(O)O. The van der Waals surface area contributed by atoms with Crippen LogP contribution in [0.5, 0.6) is 0 Å². The third-order valence-corrected chi connectivity index (χ3v) is 10.6. The van der Waals surface area contributed by atoms with Crippen LogP contribution in [-0.2, 0) is 36.3 Å². The van der Waals surface area contributed by atoms with Gasteiger partial charge in [0.1, 0.15) is 24.1 Å². The summed E-state index contributed by atoms with van der Waals surface area (Å²) in [5, 5.41) is 0. The van der Waals surface area contributed by atoms with Crippen molar-refractivity contribution in [3.8, 4) is 11.8 Å². The second-order valence-electron chi connectivity index (χ2n) is 7.60. The summed E-state index contributed by atoms with van der Waals surface area (Å²) in [6, 6.07) is 0. The smallest absolute Gasteiger partial charge is 0.382 e. The van der Waals surface area contributed by atoms with Gasteiger partial charge >= 0.3 is 29.2 Å². The molecule has 1 aromatic rings. The summed E-state index contributed by atoms with van der Waals surface area (Å²) in [6.45, 7) is 1.33. The zero-order valence-corrected chi connectivity index (χ0v) is 24.7. The summed E-state index contributed by atoms with van der Waals surface area (Å²) in [5.41, 5.74) is 10.6. The predicted molar refractivity (Wildman–Crippen MR) is 142 cm³/mol.